The number of aliphatic hydroxyl groups is 2. The number of nitrogens with zero attached hydrogens (tertiary/aromatic N) is 2. The molecular weight excluding hydrogens is 261 g/mol. The van der Waals surface area contributed by atoms with Crippen molar-refractivity contribution in [2.45, 2.75) is 24.6 Å². The molecule has 0 saturated carbocycles. The summed E-state index contributed by atoms with van der Waals surface area (Å²) in [5.41, 5.74) is 3.48. The quantitative estimate of drug-likeness (QED) is 0.580. The normalized spacial score (nSPS) is 30.5. The summed E-state index contributed by atoms with van der Waals surface area (Å²) < 4.78 is 19.7. The van der Waals surface area contributed by atoms with Crippen molar-refractivity contribution < 1.29 is 24.1 Å². The minimum atomic E-state index is -1.92. The maximum atomic E-state index is 13.8. The minimum Gasteiger partial charge on any atom is -0.394 e. The zero-order chi connectivity index (χ0) is 14.2. The van der Waals surface area contributed by atoms with E-state index >= 15 is 0 Å². The first-order valence-electron chi connectivity index (χ1n) is 5.42. The first kappa shape index (κ1) is 13.6. The molecule has 104 valence electrons. The van der Waals surface area contributed by atoms with E-state index in [-0.39, 0.29) is 0 Å². The average Bonchev–Trinajstić information content (AvgIpc) is 2.66. The molecule has 9 heteroatoms. The highest BCUT2D eigenvalue weighted by atomic mass is 19.1. The van der Waals surface area contributed by atoms with Gasteiger partial charge in [-0.1, -0.05) is 0 Å². The molecule has 4 atom stereocenters. The number of carbonyl (C=O) groups is 1. The van der Waals surface area contributed by atoms with Crippen molar-refractivity contribution in [3.8, 4) is 0 Å². The minimum absolute atomic E-state index is 0.555. The lowest BCUT2D eigenvalue weighted by atomic mass is 10.1. The molecule has 1 aromatic heterocycles. The lowest BCUT2D eigenvalue weighted by Crippen LogP contribution is -2.36. The lowest BCUT2D eigenvalue weighted by Gasteiger charge is -2.16. The van der Waals surface area contributed by atoms with E-state index in [0.717, 1.165) is 17.0 Å². The van der Waals surface area contributed by atoms with Gasteiger partial charge in [-0.05, 0) is 0 Å². The van der Waals surface area contributed by atoms with Crippen LogP contribution in [-0.4, -0.2) is 50.7 Å². The van der Waals surface area contributed by atoms with Crippen LogP contribution in [-0.2, 0) is 4.74 Å². The third-order valence-electron chi connectivity index (χ3n) is 2.85. The van der Waals surface area contributed by atoms with Crippen molar-refractivity contribution in [1.29, 1.82) is 0 Å². The summed E-state index contributed by atoms with van der Waals surface area (Å²) >= 11 is 0. The maximum absolute atomic E-state index is 13.8. The summed E-state index contributed by atoms with van der Waals surface area (Å²) in [4.78, 5) is 26.3. The number of aliphatic hydroxyl groups excluding tert-OH is 2. The molecule has 8 nitrogen and oxygen atoms in total. The molecule has 1 fully saturated rings. The molecule has 0 unspecified atom stereocenters. The molecular formula is C10H12FN3O5. The van der Waals surface area contributed by atoms with Crippen LogP contribution in [0.15, 0.2) is 17.2 Å². The van der Waals surface area contributed by atoms with Crippen molar-refractivity contribution in [1.82, 2.24) is 9.55 Å². The Morgan fingerprint density at radius 1 is 1.63 bits per heavy atom. The molecule has 0 aliphatic carbocycles. The summed E-state index contributed by atoms with van der Waals surface area (Å²) in [5.74, 6) is -1.05. The van der Waals surface area contributed by atoms with Gasteiger partial charge in [-0.2, -0.15) is 0 Å². The van der Waals surface area contributed by atoms with Gasteiger partial charge in [0.1, 0.15) is 12.2 Å². The Hall–Kier alpha value is -1.84. The Labute approximate surface area is 106 Å². The molecule has 4 N–H and O–H groups in total. The van der Waals surface area contributed by atoms with Crippen LogP contribution in [0.2, 0.25) is 0 Å². The SMILES string of the molecule is NC(=O)c1nccn([C@@H]2O[C@H](CO)[C@@H](O)[C@H]2F)c1=O. The van der Waals surface area contributed by atoms with Gasteiger partial charge < -0.3 is 20.7 Å². The predicted molar refractivity (Wildman–Crippen MR) is 58.9 cm³/mol. The predicted octanol–water partition coefficient (Wildman–Crippen LogP) is -2.07. The van der Waals surface area contributed by atoms with E-state index in [9.17, 15) is 19.1 Å². The Balaban J connectivity index is 2.41. The zero-order valence-corrected chi connectivity index (χ0v) is 9.64. The molecule has 1 aliphatic heterocycles. The summed E-state index contributed by atoms with van der Waals surface area (Å²) in [6, 6.07) is 0. The number of rotatable bonds is 3. The first-order chi connectivity index (χ1) is 8.97. The Bertz CT molecular complexity index is 548. The highest BCUT2D eigenvalue weighted by molar-refractivity contribution is 5.90. The Kier molecular flexibility index (Phi) is 3.60. The van der Waals surface area contributed by atoms with Gasteiger partial charge in [0.25, 0.3) is 11.5 Å². The van der Waals surface area contributed by atoms with Crippen molar-refractivity contribution in [3.05, 3.63) is 28.4 Å². The molecule has 0 radical (unpaired) electrons. The van der Waals surface area contributed by atoms with E-state index in [4.69, 9.17) is 15.6 Å². The smallest absolute Gasteiger partial charge is 0.284 e. The third kappa shape index (κ3) is 2.23. The summed E-state index contributed by atoms with van der Waals surface area (Å²) in [6.45, 7) is -0.597. The van der Waals surface area contributed by atoms with Crippen LogP contribution < -0.4 is 11.3 Å². The van der Waals surface area contributed by atoms with Crippen LogP contribution in [0.25, 0.3) is 0 Å². The number of nitrogens with two attached hydrogens (primary N) is 1. The highest BCUT2D eigenvalue weighted by Crippen LogP contribution is 2.30. The number of aromatic nitrogens is 2. The van der Waals surface area contributed by atoms with Gasteiger partial charge >= 0.3 is 0 Å². The summed E-state index contributed by atoms with van der Waals surface area (Å²) in [6.07, 6.45) is -3.86. The van der Waals surface area contributed by atoms with Crippen LogP contribution in [0.5, 0.6) is 0 Å². The second kappa shape index (κ2) is 5.03. The van der Waals surface area contributed by atoms with E-state index in [1.165, 1.54) is 0 Å². The van der Waals surface area contributed by atoms with Gasteiger partial charge in [0.05, 0.1) is 6.61 Å². The first-order valence-corrected chi connectivity index (χ1v) is 5.42. The number of halogens is 1. The fourth-order valence-corrected chi connectivity index (χ4v) is 1.87. The molecule has 0 spiro atoms. The van der Waals surface area contributed by atoms with Crippen LogP contribution in [0.1, 0.15) is 16.7 Å². The molecule has 1 aromatic rings. The number of amides is 1. The molecule has 0 aromatic carbocycles. The Morgan fingerprint density at radius 2 is 2.32 bits per heavy atom. The fraction of sp³-hybridized carbons (Fsp3) is 0.500. The van der Waals surface area contributed by atoms with Crippen LogP contribution in [0.3, 0.4) is 0 Å². The average molecular weight is 273 g/mol. The van der Waals surface area contributed by atoms with E-state index in [0.29, 0.717) is 0 Å². The standard InChI is InChI=1S/C10H12FN3O5/c11-5-7(16)4(3-15)19-10(5)14-2-1-13-6(8(12)17)9(14)18/h1-2,4-5,7,10,15-16H,3H2,(H2,12,17)/t4-,5-,7-,10-/m1/s1. The topological polar surface area (TPSA) is 128 Å². The van der Waals surface area contributed by atoms with Crippen LogP contribution in [0.4, 0.5) is 4.39 Å². The van der Waals surface area contributed by atoms with E-state index in [1.807, 2.05) is 0 Å². The molecule has 1 amide bonds. The lowest BCUT2D eigenvalue weighted by molar-refractivity contribution is -0.0488. The van der Waals surface area contributed by atoms with Gasteiger partial charge in [-0.3, -0.25) is 14.2 Å². The van der Waals surface area contributed by atoms with Gasteiger partial charge in [-0.15, -0.1) is 0 Å². The Morgan fingerprint density at radius 3 is 2.84 bits per heavy atom. The monoisotopic (exact) mass is 273 g/mol. The fourth-order valence-electron chi connectivity index (χ4n) is 1.87. The molecule has 2 rings (SSSR count). The molecule has 19 heavy (non-hydrogen) atoms. The van der Waals surface area contributed by atoms with Gasteiger partial charge in [-0.25, -0.2) is 9.37 Å². The van der Waals surface area contributed by atoms with E-state index < -0.39 is 48.4 Å². The summed E-state index contributed by atoms with van der Waals surface area (Å²) in [5, 5.41) is 18.4. The van der Waals surface area contributed by atoms with Crippen LogP contribution >= 0.6 is 0 Å². The highest BCUT2D eigenvalue weighted by Gasteiger charge is 2.45. The van der Waals surface area contributed by atoms with E-state index in [2.05, 4.69) is 4.98 Å². The largest absolute Gasteiger partial charge is 0.394 e. The van der Waals surface area contributed by atoms with Crippen molar-refractivity contribution in [3.63, 3.8) is 0 Å². The number of hydrogen-bond donors (Lipinski definition) is 3. The molecule has 1 aliphatic rings. The molecule has 0 bridgehead atoms. The van der Waals surface area contributed by atoms with Gasteiger partial charge in [0, 0.05) is 12.4 Å². The number of primary amides is 1. The molecule has 1 saturated heterocycles. The third-order valence-corrected chi connectivity index (χ3v) is 2.85. The number of alkyl halides is 1. The van der Waals surface area contributed by atoms with Crippen LogP contribution in [0, 0.1) is 0 Å². The van der Waals surface area contributed by atoms with Crippen molar-refractivity contribution >= 4 is 5.91 Å². The van der Waals surface area contributed by atoms with E-state index in [1.54, 1.807) is 0 Å². The van der Waals surface area contributed by atoms with Gasteiger partial charge in [0.2, 0.25) is 0 Å². The van der Waals surface area contributed by atoms with Crippen molar-refractivity contribution in [2.75, 3.05) is 6.61 Å². The molecule has 2 heterocycles. The number of hydrogen-bond acceptors (Lipinski definition) is 6. The van der Waals surface area contributed by atoms with Crippen molar-refractivity contribution in [2.24, 2.45) is 5.73 Å². The maximum Gasteiger partial charge on any atom is 0.284 e. The second-order valence-electron chi connectivity index (χ2n) is 4.04. The van der Waals surface area contributed by atoms with Gasteiger partial charge in [0.15, 0.2) is 18.1 Å². The second-order valence-corrected chi connectivity index (χ2v) is 4.04. The number of carbonyl (C=O) groups excluding carboxylic acids is 1. The number of ether oxygens (including phenoxy) is 1. The zero-order valence-electron chi connectivity index (χ0n) is 9.64. The summed E-state index contributed by atoms with van der Waals surface area (Å²) in [7, 11) is 0.